The predicted octanol–water partition coefficient (Wildman–Crippen LogP) is 1.57. The van der Waals surface area contributed by atoms with Gasteiger partial charge in [-0.15, -0.1) is 0 Å². The first-order valence-electron chi connectivity index (χ1n) is 8.96. The summed E-state index contributed by atoms with van der Waals surface area (Å²) in [4.78, 5) is 44.2. The number of nitrogens with two attached hydrogens (primary N) is 1. The fourth-order valence-corrected chi connectivity index (χ4v) is 2.65. The number of carboxylic acids is 1. The third-order valence-corrected chi connectivity index (χ3v) is 4.13. The average molecular weight is 432 g/mol. The molecule has 6 N–H and O–H groups in total. The number of aliphatic carboxylic acids is 1. The summed E-state index contributed by atoms with van der Waals surface area (Å²) in [6.07, 6.45) is -0.445. The number of carbonyl (C=O) groups excluding carboxylic acids is 1. The van der Waals surface area contributed by atoms with Crippen LogP contribution in [0.1, 0.15) is 6.42 Å². The molecule has 1 atom stereocenters. The van der Waals surface area contributed by atoms with Crippen LogP contribution in [-0.4, -0.2) is 46.0 Å². The van der Waals surface area contributed by atoms with Gasteiger partial charge in [-0.25, -0.2) is 0 Å². The summed E-state index contributed by atoms with van der Waals surface area (Å²) in [5, 5.41) is 39.1. The van der Waals surface area contributed by atoms with Gasteiger partial charge in [0.1, 0.15) is 17.4 Å². The number of hydrogen-bond acceptors (Lipinski definition) is 9. The third-order valence-electron chi connectivity index (χ3n) is 4.13. The van der Waals surface area contributed by atoms with Gasteiger partial charge in [-0.05, 0) is 18.2 Å². The Morgan fingerprint density at radius 3 is 2.35 bits per heavy atom. The van der Waals surface area contributed by atoms with E-state index < -0.39 is 34.2 Å². The van der Waals surface area contributed by atoms with Crippen LogP contribution in [0.25, 0.3) is 0 Å². The van der Waals surface area contributed by atoms with E-state index in [0.29, 0.717) is 0 Å². The van der Waals surface area contributed by atoms with E-state index in [1.54, 1.807) is 6.07 Å². The number of hydrogen-bond donors (Lipinski definition) is 5. The van der Waals surface area contributed by atoms with Crippen molar-refractivity contribution in [1.29, 1.82) is 0 Å². The van der Waals surface area contributed by atoms with Gasteiger partial charge in [0.05, 0.1) is 16.3 Å². The first-order valence-corrected chi connectivity index (χ1v) is 8.96. The van der Waals surface area contributed by atoms with Gasteiger partial charge in [0.25, 0.3) is 11.4 Å². The van der Waals surface area contributed by atoms with Crippen LogP contribution >= 0.6 is 0 Å². The lowest BCUT2D eigenvalue weighted by Gasteiger charge is -2.15. The maximum atomic E-state index is 12.2. The van der Waals surface area contributed by atoms with Crippen molar-refractivity contribution in [2.75, 3.05) is 29.5 Å². The van der Waals surface area contributed by atoms with Crippen molar-refractivity contribution in [3.8, 4) is 0 Å². The lowest BCUT2D eigenvalue weighted by Crippen LogP contribution is -2.41. The zero-order valence-electron chi connectivity index (χ0n) is 16.1. The van der Waals surface area contributed by atoms with Crippen LogP contribution in [0.4, 0.5) is 28.4 Å². The van der Waals surface area contributed by atoms with Crippen LogP contribution in [0, 0.1) is 20.2 Å². The molecule has 0 heterocycles. The molecule has 0 aliphatic rings. The van der Waals surface area contributed by atoms with Gasteiger partial charge in [-0.2, -0.15) is 0 Å². The molecule has 2 rings (SSSR count). The van der Waals surface area contributed by atoms with Crippen LogP contribution in [-0.2, 0) is 9.59 Å². The van der Waals surface area contributed by atoms with Gasteiger partial charge < -0.3 is 26.8 Å². The number of amides is 1. The standard InChI is InChI=1S/C18H20N6O7/c19-12-6-5-11(9-16(12)24(30)31)22-17(25)10-14(18(26)27)21-8-7-20-13-3-1-2-4-15(13)23(28)29/h1-6,9,14,20-21H,7-8,10,19H2,(H,22,25)(H,26,27)/t14-/m0/s1. The molecule has 13 nitrogen and oxygen atoms in total. The predicted molar refractivity (Wildman–Crippen MR) is 112 cm³/mol. The van der Waals surface area contributed by atoms with Crippen molar-refractivity contribution in [1.82, 2.24) is 5.32 Å². The molecule has 0 unspecified atom stereocenters. The van der Waals surface area contributed by atoms with Crippen LogP contribution in [0.3, 0.4) is 0 Å². The van der Waals surface area contributed by atoms with Crippen LogP contribution in [0.2, 0.25) is 0 Å². The van der Waals surface area contributed by atoms with Gasteiger partial charge in [-0.1, -0.05) is 12.1 Å². The summed E-state index contributed by atoms with van der Waals surface area (Å²) in [7, 11) is 0. The average Bonchev–Trinajstić information content (AvgIpc) is 2.71. The fourth-order valence-electron chi connectivity index (χ4n) is 2.65. The van der Waals surface area contributed by atoms with E-state index in [9.17, 15) is 34.9 Å². The van der Waals surface area contributed by atoms with E-state index in [1.165, 1.54) is 30.3 Å². The van der Waals surface area contributed by atoms with Crippen LogP contribution in [0.15, 0.2) is 42.5 Å². The lowest BCUT2D eigenvalue weighted by atomic mass is 10.2. The van der Waals surface area contributed by atoms with E-state index in [2.05, 4.69) is 16.0 Å². The summed E-state index contributed by atoms with van der Waals surface area (Å²) in [6, 6.07) is 8.46. The molecular weight excluding hydrogens is 412 g/mol. The molecule has 0 bridgehead atoms. The lowest BCUT2D eigenvalue weighted by molar-refractivity contribution is -0.384. The molecule has 13 heteroatoms. The fraction of sp³-hybridized carbons (Fsp3) is 0.222. The highest BCUT2D eigenvalue weighted by atomic mass is 16.6. The Morgan fingerprint density at radius 2 is 1.71 bits per heavy atom. The topological polar surface area (TPSA) is 203 Å². The number of anilines is 3. The normalized spacial score (nSPS) is 11.4. The van der Waals surface area contributed by atoms with E-state index in [4.69, 9.17) is 5.73 Å². The maximum Gasteiger partial charge on any atom is 0.321 e. The van der Waals surface area contributed by atoms with E-state index in [1.807, 2.05) is 0 Å². The third kappa shape index (κ3) is 6.64. The Morgan fingerprint density at radius 1 is 1.03 bits per heavy atom. The van der Waals surface area contributed by atoms with Gasteiger partial charge in [0, 0.05) is 30.9 Å². The number of rotatable bonds is 11. The summed E-state index contributed by atoms with van der Waals surface area (Å²) in [5.41, 5.74) is 5.31. The Bertz CT molecular complexity index is 997. The highest BCUT2D eigenvalue weighted by Gasteiger charge is 2.21. The number of carboxylic acid groups (broad SMARTS) is 1. The van der Waals surface area contributed by atoms with Gasteiger partial charge in [0.15, 0.2) is 0 Å². The summed E-state index contributed by atoms with van der Waals surface area (Å²) >= 11 is 0. The summed E-state index contributed by atoms with van der Waals surface area (Å²) in [6.45, 7) is 0.268. The van der Waals surface area contributed by atoms with E-state index >= 15 is 0 Å². The second-order valence-electron chi connectivity index (χ2n) is 6.33. The van der Waals surface area contributed by atoms with Crippen molar-refractivity contribution < 1.29 is 24.5 Å². The molecule has 0 spiro atoms. The minimum atomic E-state index is -1.27. The Kier molecular flexibility index (Phi) is 7.80. The molecule has 164 valence electrons. The molecule has 31 heavy (non-hydrogen) atoms. The minimum absolute atomic E-state index is 0.0702. The molecule has 0 saturated heterocycles. The largest absolute Gasteiger partial charge is 0.480 e. The summed E-state index contributed by atoms with van der Waals surface area (Å²) < 4.78 is 0. The van der Waals surface area contributed by atoms with Gasteiger partial charge >= 0.3 is 5.97 Å². The van der Waals surface area contributed by atoms with Crippen LogP contribution < -0.4 is 21.7 Å². The molecule has 0 aliphatic heterocycles. The summed E-state index contributed by atoms with van der Waals surface area (Å²) in [5.74, 6) is -1.95. The monoisotopic (exact) mass is 432 g/mol. The van der Waals surface area contributed by atoms with Crippen molar-refractivity contribution in [2.24, 2.45) is 0 Å². The number of nitrogen functional groups attached to an aromatic ring is 1. The second kappa shape index (κ2) is 10.5. The first kappa shape index (κ1) is 23.0. The molecule has 2 aromatic rings. The molecule has 1 amide bonds. The molecular formula is C18H20N6O7. The number of nitrogens with one attached hydrogen (secondary N) is 3. The molecule has 0 radical (unpaired) electrons. The first-order chi connectivity index (χ1) is 14.7. The molecule has 0 fully saturated rings. The molecule has 0 saturated carbocycles. The quantitative estimate of drug-likeness (QED) is 0.150. The number of para-hydroxylation sites is 2. The Labute approximate surface area is 175 Å². The zero-order chi connectivity index (χ0) is 23.0. The smallest absolute Gasteiger partial charge is 0.321 e. The molecule has 0 aliphatic carbocycles. The highest BCUT2D eigenvalue weighted by Crippen LogP contribution is 2.25. The Hall–Kier alpha value is -4.26. The number of nitrogens with zero attached hydrogens (tertiary/aromatic N) is 2. The SMILES string of the molecule is Nc1ccc(NC(=O)C[C@H](NCCNc2ccccc2[N+](=O)[O-])C(=O)O)cc1[N+](=O)[O-]. The van der Waals surface area contributed by atoms with E-state index in [-0.39, 0.29) is 41.5 Å². The zero-order valence-corrected chi connectivity index (χ0v) is 16.1. The second-order valence-corrected chi connectivity index (χ2v) is 6.33. The van der Waals surface area contributed by atoms with Crippen molar-refractivity contribution in [2.45, 2.75) is 12.5 Å². The Balaban J connectivity index is 1.90. The van der Waals surface area contributed by atoms with Gasteiger partial charge in [0.2, 0.25) is 5.91 Å². The molecule has 0 aromatic heterocycles. The molecule has 2 aromatic carbocycles. The van der Waals surface area contributed by atoms with Crippen molar-refractivity contribution in [3.05, 3.63) is 62.7 Å². The van der Waals surface area contributed by atoms with E-state index in [0.717, 1.165) is 6.07 Å². The van der Waals surface area contributed by atoms with Crippen molar-refractivity contribution in [3.63, 3.8) is 0 Å². The number of benzene rings is 2. The number of nitro groups is 2. The highest BCUT2D eigenvalue weighted by molar-refractivity contribution is 5.94. The van der Waals surface area contributed by atoms with Gasteiger partial charge in [-0.3, -0.25) is 29.8 Å². The van der Waals surface area contributed by atoms with Crippen molar-refractivity contribution >= 4 is 40.3 Å². The number of nitro benzene ring substituents is 2. The van der Waals surface area contributed by atoms with Crippen LogP contribution in [0.5, 0.6) is 0 Å². The minimum Gasteiger partial charge on any atom is -0.480 e. The number of carbonyl (C=O) groups is 2. The maximum absolute atomic E-state index is 12.2.